The van der Waals surface area contributed by atoms with Gasteiger partial charge in [-0.25, -0.2) is 19.9 Å². The van der Waals surface area contributed by atoms with Crippen LogP contribution in [0.5, 0.6) is 0 Å². The topological polar surface area (TPSA) is 64.7 Å². The fraction of sp³-hybridized carbons (Fsp3) is 0. The number of thiophene rings is 1. The van der Waals surface area contributed by atoms with E-state index < -0.39 is 0 Å². The highest BCUT2D eigenvalue weighted by molar-refractivity contribution is 7.26. The van der Waals surface area contributed by atoms with Crippen LogP contribution < -0.4 is 0 Å². The molecule has 0 unspecified atom stereocenters. The highest BCUT2D eigenvalue weighted by Crippen LogP contribution is 2.42. The second kappa shape index (κ2) is 12.0. The minimum Gasteiger partial charge on any atom is -0.456 e. The van der Waals surface area contributed by atoms with Gasteiger partial charge in [-0.1, -0.05) is 103 Å². The minimum absolute atomic E-state index is 0.618. The predicted molar refractivity (Wildman–Crippen MR) is 220 cm³/mol. The lowest BCUT2D eigenvalue weighted by Gasteiger charge is -2.10. The lowest BCUT2D eigenvalue weighted by molar-refractivity contribution is 0.669. The molecule has 0 amide bonds. The van der Waals surface area contributed by atoms with Gasteiger partial charge < -0.3 is 4.42 Å². The van der Waals surface area contributed by atoms with Gasteiger partial charge in [0.05, 0.1) is 10.2 Å². The third-order valence-electron chi connectivity index (χ3n) is 9.78. The number of hydrogen-bond donors (Lipinski definition) is 0. The van der Waals surface area contributed by atoms with E-state index in [1.54, 1.807) is 22.7 Å². The Kier molecular flexibility index (Phi) is 6.83. The summed E-state index contributed by atoms with van der Waals surface area (Å²) in [5, 5.41) is 5.47. The van der Waals surface area contributed by atoms with Crippen LogP contribution in [-0.4, -0.2) is 19.9 Å². The van der Waals surface area contributed by atoms with E-state index in [9.17, 15) is 0 Å². The highest BCUT2D eigenvalue weighted by atomic mass is 32.1. The number of thiazole rings is 1. The molecular formula is C46H26N4OS2. The van der Waals surface area contributed by atoms with Crippen molar-refractivity contribution in [2.24, 2.45) is 0 Å². The van der Waals surface area contributed by atoms with Gasteiger partial charge in [0.15, 0.2) is 17.5 Å². The van der Waals surface area contributed by atoms with Gasteiger partial charge in [0.1, 0.15) is 16.2 Å². The lowest BCUT2D eigenvalue weighted by Crippen LogP contribution is -2.00. The van der Waals surface area contributed by atoms with Crippen molar-refractivity contribution in [2.75, 3.05) is 0 Å². The third-order valence-corrected chi connectivity index (χ3v) is 12.0. The maximum atomic E-state index is 6.13. The quantitative estimate of drug-likeness (QED) is 0.178. The van der Waals surface area contributed by atoms with Gasteiger partial charge in [-0.05, 0) is 65.7 Å². The summed E-state index contributed by atoms with van der Waals surface area (Å²) in [5.74, 6) is 1.89. The molecule has 0 atom stereocenters. The van der Waals surface area contributed by atoms with E-state index >= 15 is 0 Å². The SMILES string of the molecule is c1ccc(-c2nc(-c3ccc4oc5ccccc5c4c3)nc(-c3cccc4sc5cc(-c6cccc(-c7nc8ccccc8s7)c6)ccc5c34)n2)cc1. The van der Waals surface area contributed by atoms with Crippen molar-refractivity contribution in [1.82, 2.24) is 19.9 Å². The third kappa shape index (κ3) is 5.12. The number of fused-ring (bicyclic) bond motifs is 7. The molecule has 11 rings (SSSR count). The van der Waals surface area contributed by atoms with Crippen molar-refractivity contribution in [1.29, 1.82) is 0 Å². The van der Waals surface area contributed by atoms with E-state index in [-0.39, 0.29) is 0 Å². The zero-order valence-electron chi connectivity index (χ0n) is 28.0. The Labute approximate surface area is 311 Å². The first-order valence-corrected chi connectivity index (χ1v) is 19.0. The second-order valence-electron chi connectivity index (χ2n) is 13.0. The van der Waals surface area contributed by atoms with Crippen molar-refractivity contribution in [3.05, 3.63) is 158 Å². The molecule has 7 aromatic carbocycles. The van der Waals surface area contributed by atoms with Crippen LogP contribution in [0.3, 0.4) is 0 Å². The van der Waals surface area contributed by atoms with Crippen LogP contribution in [0.1, 0.15) is 0 Å². The van der Waals surface area contributed by atoms with Gasteiger partial charge in [-0.3, -0.25) is 0 Å². The molecule has 0 bridgehead atoms. The molecule has 53 heavy (non-hydrogen) atoms. The van der Waals surface area contributed by atoms with Crippen LogP contribution in [0, 0.1) is 0 Å². The molecule has 0 saturated carbocycles. The maximum Gasteiger partial charge on any atom is 0.164 e. The number of nitrogens with zero attached hydrogens (tertiary/aromatic N) is 4. The van der Waals surface area contributed by atoms with E-state index in [2.05, 4.69) is 91.0 Å². The van der Waals surface area contributed by atoms with Crippen LogP contribution >= 0.6 is 22.7 Å². The number of para-hydroxylation sites is 2. The van der Waals surface area contributed by atoms with Gasteiger partial charge in [0.25, 0.3) is 0 Å². The van der Waals surface area contributed by atoms with E-state index in [4.69, 9.17) is 24.4 Å². The molecule has 7 heteroatoms. The summed E-state index contributed by atoms with van der Waals surface area (Å²) in [6.45, 7) is 0. The number of furan rings is 1. The largest absolute Gasteiger partial charge is 0.456 e. The van der Waals surface area contributed by atoms with E-state index in [0.717, 1.165) is 60.1 Å². The number of aromatic nitrogens is 4. The van der Waals surface area contributed by atoms with Crippen LogP contribution in [0.2, 0.25) is 0 Å². The van der Waals surface area contributed by atoms with Gasteiger partial charge in [0, 0.05) is 53.2 Å². The fourth-order valence-corrected chi connectivity index (χ4v) is 9.36. The van der Waals surface area contributed by atoms with Crippen molar-refractivity contribution in [3.63, 3.8) is 0 Å². The first-order chi connectivity index (χ1) is 26.2. The van der Waals surface area contributed by atoms with E-state index in [1.807, 2.05) is 66.7 Å². The average Bonchev–Trinajstić information content (AvgIpc) is 3.94. The van der Waals surface area contributed by atoms with E-state index in [1.165, 1.54) is 30.6 Å². The zero-order valence-corrected chi connectivity index (χ0v) is 29.7. The highest BCUT2D eigenvalue weighted by Gasteiger charge is 2.18. The Bertz CT molecular complexity index is 3160. The summed E-state index contributed by atoms with van der Waals surface area (Å²) in [7, 11) is 0. The Hall–Kier alpha value is -6.54. The van der Waals surface area contributed by atoms with Gasteiger partial charge in [0.2, 0.25) is 0 Å². The van der Waals surface area contributed by atoms with Crippen molar-refractivity contribution in [3.8, 4) is 55.9 Å². The number of hydrogen-bond acceptors (Lipinski definition) is 7. The molecule has 11 aromatic rings. The minimum atomic E-state index is 0.618. The molecule has 0 fully saturated rings. The molecule has 0 aliphatic heterocycles. The monoisotopic (exact) mass is 714 g/mol. The zero-order chi connectivity index (χ0) is 34.9. The smallest absolute Gasteiger partial charge is 0.164 e. The predicted octanol–water partition coefficient (Wildman–Crippen LogP) is 13.1. The van der Waals surface area contributed by atoms with Crippen molar-refractivity contribution in [2.45, 2.75) is 0 Å². The van der Waals surface area contributed by atoms with Crippen LogP contribution in [0.4, 0.5) is 0 Å². The molecule has 0 aliphatic rings. The van der Waals surface area contributed by atoms with Gasteiger partial charge in [-0.15, -0.1) is 22.7 Å². The molecule has 0 spiro atoms. The van der Waals surface area contributed by atoms with Crippen LogP contribution in [0.15, 0.2) is 162 Å². The van der Waals surface area contributed by atoms with Gasteiger partial charge in [-0.2, -0.15) is 0 Å². The van der Waals surface area contributed by atoms with E-state index in [0.29, 0.717) is 17.5 Å². The Morgan fingerprint density at radius 2 is 1.08 bits per heavy atom. The van der Waals surface area contributed by atoms with Crippen molar-refractivity contribution < 1.29 is 4.42 Å². The van der Waals surface area contributed by atoms with Crippen LogP contribution in [0.25, 0.3) is 108 Å². The molecule has 4 aromatic heterocycles. The Morgan fingerprint density at radius 3 is 2.00 bits per heavy atom. The summed E-state index contributed by atoms with van der Waals surface area (Å²) in [5.41, 5.74) is 9.03. The molecule has 0 aliphatic carbocycles. The molecular weight excluding hydrogens is 689 g/mol. The summed E-state index contributed by atoms with van der Waals surface area (Å²) in [6, 6.07) is 54.6. The second-order valence-corrected chi connectivity index (χ2v) is 15.2. The molecule has 5 nitrogen and oxygen atoms in total. The Morgan fingerprint density at radius 1 is 0.377 bits per heavy atom. The maximum absolute atomic E-state index is 6.13. The summed E-state index contributed by atoms with van der Waals surface area (Å²) in [6.07, 6.45) is 0. The van der Waals surface area contributed by atoms with Crippen LogP contribution in [-0.2, 0) is 0 Å². The fourth-order valence-electron chi connectivity index (χ4n) is 7.23. The standard InChI is InChI=1S/C46H26N4OS2/c1-2-10-27(11-3-1)43-48-44(30-21-23-38-35(25-30)32-14-4-6-17-37(32)51-38)50-45(49-43)34-15-9-19-40-42(34)33-22-20-29(26-41(33)52-40)28-12-8-13-31(24-28)46-47-36-16-5-7-18-39(36)53-46/h1-26H. The molecule has 0 saturated heterocycles. The first-order valence-electron chi connectivity index (χ1n) is 17.4. The number of rotatable bonds is 5. The summed E-state index contributed by atoms with van der Waals surface area (Å²) < 4.78 is 9.73. The molecule has 0 radical (unpaired) electrons. The normalized spacial score (nSPS) is 11.8. The first kappa shape index (κ1) is 30.1. The Balaban J connectivity index is 1.05. The van der Waals surface area contributed by atoms with Gasteiger partial charge >= 0.3 is 0 Å². The molecule has 248 valence electrons. The van der Waals surface area contributed by atoms with Crippen molar-refractivity contribution >= 4 is 75.0 Å². The number of benzene rings is 7. The summed E-state index contributed by atoms with van der Waals surface area (Å²) >= 11 is 3.53. The molecule has 0 N–H and O–H groups in total. The average molecular weight is 715 g/mol. The lowest BCUT2D eigenvalue weighted by atomic mass is 10.00. The summed E-state index contributed by atoms with van der Waals surface area (Å²) in [4.78, 5) is 20.2. The molecule has 4 heterocycles.